The summed E-state index contributed by atoms with van der Waals surface area (Å²) in [5, 5.41) is 1.29. The monoisotopic (exact) mass is 361 g/mol. The van der Waals surface area contributed by atoms with Gasteiger partial charge in [0.05, 0.1) is 18.6 Å². The van der Waals surface area contributed by atoms with Gasteiger partial charge in [0.1, 0.15) is 30.3 Å². The highest BCUT2D eigenvalue weighted by atomic mass is 32.1. The molecule has 0 atom stereocenters. The molecule has 2 aromatic rings. The van der Waals surface area contributed by atoms with Gasteiger partial charge in [-0.15, -0.1) is 11.3 Å². The maximum atomic E-state index is 5.49. The molecule has 0 aromatic carbocycles. The van der Waals surface area contributed by atoms with Crippen molar-refractivity contribution in [3.8, 4) is 0 Å². The molecular formula is C19H29N4OS+. The van der Waals surface area contributed by atoms with Crippen LogP contribution in [0.15, 0.2) is 0 Å². The van der Waals surface area contributed by atoms with Crippen LogP contribution in [-0.4, -0.2) is 49.4 Å². The third kappa shape index (κ3) is 3.52. The summed E-state index contributed by atoms with van der Waals surface area (Å²) in [6, 6.07) is 0. The molecular weight excluding hydrogens is 332 g/mol. The molecule has 2 fully saturated rings. The second kappa shape index (κ2) is 7.17. The van der Waals surface area contributed by atoms with E-state index in [2.05, 4.69) is 25.7 Å². The largest absolute Gasteiger partial charge is 0.370 e. The van der Waals surface area contributed by atoms with Gasteiger partial charge in [-0.05, 0) is 38.2 Å². The van der Waals surface area contributed by atoms with E-state index >= 15 is 0 Å². The Morgan fingerprint density at radius 2 is 1.88 bits per heavy atom. The number of aromatic nitrogens is 2. The zero-order chi connectivity index (χ0) is 17.4. The molecule has 0 unspecified atom stereocenters. The van der Waals surface area contributed by atoms with Crippen molar-refractivity contribution in [3.63, 3.8) is 0 Å². The van der Waals surface area contributed by atoms with Crippen molar-refractivity contribution in [2.75, 3.05) is 44.3 Å². The van der Waals surface area contributed by atoms with Gasteiger partial charge in [-0.25, -0.2) is 9.97 Å². The summed E-state index contributed by atoms with van der Waals surface area (Å²) in [5.74, 6) is 3.01. The molecule has 0 amide bonds. The van der Waals surface area contributed by atoms with Gasteiger partial charge in [-0.2, -0.15) is 0 Å². The molecule has 0 radical (unpaired) electrons. The van der Waals surface area contributed by atoms with E-state index in [0.29, 0.717) is 0 Å². The van der Waals surface area contributed by atoms with E-state index in [-0.39, 0.29) is 0 Å². The number of ether oxygens (including phenoxy) is 1. The lowest BCUT2D eigenvalue weighted by Crippen LogP contribution is -3.12. The predicted octanol–water partition coefficient (Wildman–Crippen LogP) is 1.96. The number of thiophene rings is 1. The van der Waals surface area contributed by atoms with Crippen LogP contribution >= 0.6 is 11.3 Å². The molecule has 0 bridgehead atoms. The van der Waals surface area contributed by atoms with Gasteiger partial charge in [0, 0.05) is 18.0 Å². The maximum Gasteiger partial charge on any atom is 0.187 e. The summed E-state index contributed by atoms with van der Waals surface area (Å²) < 4.78 is 5.49. The fraction of sp³-hybridized carbons (Fsp3) is 0.684. The Morgan fingerprint density at radius 3 is 2.60 bits per heavy atom. The molecule has 2 saturated heterocycles. The van der Waals surface area contributed by atoms with Gasteiger partial charge in [0.2, 0.25) is 0 Å². The van der Waals surface area contributed by atoms with Crippen molar-refractivity contribution >= 4 is 27.4 Å². The van der Waals surface area contributed by atoms with Crippen LogP contribution in [-0.2, 0) is 11.3 Å². The SMILES string of the molecule is Cc1sc2nc(C[NH+]3CCOCC3)nc(N3CCC(C)CC3)c2c1C. The molecule has 2 aromatic heterocycles. The van der Waals surface area contributed by atoms with Gasteiger partial charge in [-0.1, -0.05) is 6.92 Å². The molecule has 2 aliphatic rings. The summed E-state index contributed by atoms with van der Waals surface area (Å²) in [6.07, 6.45) is 2.52. The Morgan fingerprint density at radius 1 is 1.16 bits per heavy atom. The van der Waals surface area contributed by atoms with Gasteiger partial charge >= 0.3 is 0 Å². The summed E-state index contributed by atoms with van der Waals surface area (Å²) in [7, 11) is 0. The zero-order valence-electron chi connectivity index (χ0n) is 15.6. The third-order valence-electron chi connectivity index (χ3n) is 5.75. The lowest BCUT2D eigenvalue weighted by Gasteiger charge is -2.32. The first-order valence-electron chi connectivity index (χ1n) is 9.54. The number of hydrogen-bond donors (Lipinski definition) is 1. The number of quaternary nitrogens is 1. The Hall–Kier alpha value is -1.24. The van der Waals surface area contributed by atoms with Crippen molar-refractivity contribution < 1.29 is 9.64 Å². The first kappa shape index (κ1) is 17.2. The average molecular weight is 362 g/mol. The molecule has 6 heteroatoms. The van der Waals surface area contributed by atoms with Gasteiger partial charge in [-0.3, -0.25) is 0 Å². The quantitative estimate of drug-likeness (QED) is 0.908. The van der Waals surface area contributed by atoms with Crippen molar-refractivity contribution in [2.45, 2.75) is 40.2 Å². The summed E-state index contributed by atoms with van der Waals surface area (Å²) in [5.41, 5.74) is 1.36. The molecule has 1 N–H and O–H groups in total. The number of nitrogens with one attached hydrogen (secondary N) is 1. The van der Waals surface area contributed by atoms with Crippen molar-refractivity contribution in [1.29, 1.82) is 0 Å². The minimum Gasteiger partial charge on any atom is -0.370 e. The Kier molecular flexibility index (Phi) is 4.93. The number of nitrogens with zero attached hydrogens (tertiary/aromatic N) is 3. The number of fused-ring (bicyclic) bond motifs is 1. The van der Waals surface area contributed by atoms with E-state index in [0.717, 1.165) is 57.7 Å². The van der Waals surface area contributed by atoms with Crippen LogP contribution in [0.2, 0.25) is 0 Å². The van der Waals surface area contributed by atoms with Crippen molar-refractivity contribution in [1.82, 2.24) is 9.97 Å². The number of aryl methyl sites for hydroxylation is 2. The summed E-state index contributed by atoms with van der Waals surface area (Å²) in [6.45, 7) is 13.7. The maximum absolute atomic E-state index is 5.49. The van der Waals surface area contributed by atoms with E-state index in [9.17, 15) is 0 Å². The second-order valence-electron chi connectivity index (χ2n) is 7.64. The van der Waals surface area contributed by atoms with Crippen molar-refractivity contribution in [2.24, 2.45) is 5.92 Å². The first-order valence-corrected chi connectivity index (χ1v) is 10.4. The lowest BCUT2D eigenvalue weighted by atomic mass is 9.99. The fourth-order valence-electron chi connectivity index (χ4n) is 3.86. The van der Waals surface area contributed by atoms with Crippen LogP contribution in [0.1, 0.15) is 36.0 Å². The van der Waals surface area contributed by atoms with Crippen LogP contribution in [0.4, 0.5) is 5.82 Å². The van der Waals surface area contributed by atoms with E-state index < -0.39 is 0 Å². The molecule has 136 valence electrons. The molecule has 0 saturated carbocycles. The minimum absolute atomic E-state index is 0.830. The van der Waals surface area contributed by atoms with E-state index in [1.54, 1.807) is 0 Å². The normalized spacial score (nSPS) is 20.5. The number of rotatable bonds is 3. The smallest absolute Gasteiger partial charge is 0.187 e. The molecule has 25 heavy (non-hydrogen) atoms. The number of anilines is 1. The Balaban J connectivity index is 1.70. The molecule has 2 aliphatic heterocycles. The van der Waals surface area contributed by atoms with Crippen LogP contribution in [0.25, 0.3) is 10.2 Å². The van der Waals surface area contributed by atoms with Gasteiger partial charge in [0.15, 0.2) is 5.82 Å². The van der Waals surface area contributed by atoms with Crippen LogP contribution < -0.4 is 9.80 Å². The van der Waals surface area contributed by atoms with Crippen LogP contribution in [0.3, 0.4) is 0 Å². The van der Waals surface area contributed by atoms with E-state index in [1.807, 2.05) is 11.3 Å². The molecule has 4 heterocycles. The number of morpholine rings is 1. The highest BCUT2D eigenvalue weighted by molar-refractivity contribution is 7.18. The number of hydrogen-bond acceptors (Lipinski definition) is 5. The topological polar surface area (TPSA) is 42.7 Å². The Labute approximate surface area is 154 Å². The van der Waals surface area contributed by atoms with E-state index in [1.165, 1.54) is 44.2 Å². The molecule has 4 rings (SSSR count). The lowest BCUT2D eigenvalue weighted by molar-refractivity contribution is -0.922. The number of piperidine rings is 1. The van der Waals surface area contributed by atoms with E-state index in [4.69, 9.17) is 14.7 Å². The van der Waals surface area contributed by atoms with Crippen LogP contribution in [0, 0.1) is 19.8 Å². The van der Waals surface area contributed by atoms with Gasteiger partial charge < -0.3 is 14.5 Å². The third-order valence-corrected chi connectivity index (χ3v) is 6.85. The standard InChI is InChI=1S/C19H28N4OS/c1-13-4-6-23(7-5-13)18-17-14(2)15(3)25-19(17)21-16(20-18)12-22-8-10-24-11-9-22/h13H,4-12H2,1-3H3/p+1. The summed E-state index contributed by atoms with van der Waals surface area (Å²) in [4.78, 5) is 16.6. The average Bonchev–Trinajstić information content (AvgIpc) is 2.90. The zero-order valence-corrected chi connectivity index (χ0v) is 16.4. The first-order chi connectivity index (χ1) is 12.1. The molecule has 0 spiro atoms. The highest BCUT2D eigenvalue weighted by Gasteiger charge is 2.24. The molecule has 0 aliphatic carbocycles. The van der Waals surface area contributed by atoms with Gasteiger partial charge in [0.25, 0.3) is 0 Å². The second-order valence-corrected chi connectivity index (χ2v) is 8.84. The molecule has 5 nitrogen and oxygen atoms in total. The van der Waals surface area contributed by atoms with Crippen molar-refractivity contribution in [3.05, 3.63) is 16.3 Å². The predicted molar refractivity (Wildman–Crippen MR) is 103 cm³/mol. The Bertz CT molecular complexity index is 745. The highest BCUT2D eigenvalue weighted by Crippen LogP contribution is 2.36. The van der Waals surface area contributed by atoms with Crippen LogP contribution in [0.5, 0.6) is 0 Å². The fourth-order valence-corrected chi connectivity index (χ4v) is 4.90. The minimum atomic E-state index is 0.830. The summed E-state index contributed by atoms with van der Waals surface area (Å²) >= 11 is 1.82.